The van der Waals surface area contributed by atoms with Crippen LogP contribution in [-0.2, 0) is 9.53 Å². The van der Waals surface area contributed by atoms with Crippen LogP contribution in [0.15, 0.2) is 66.9 Å². The minimum absolute atomic E-state index is 0.160. The Morgan fingerprint density at radius 2 is 1.76 bits per heavy atom. The molecular formula is C31H29Cl3N4O3. The van der Waals surface area contributed by atoms with Gasteiger partial charge in [0.05, 0.1) is 22.4 Å². The summed E-state index contributed by atoms with van der Waals surface area (Å²) in [6, 6.07) is 18.0. The second kappa shape index (κ2) is 12.7. The van der Waals surface area contributed by atoms with Gasteiger partial charge in [-0.2, -0.15) is 0 Å². The van der Waals surface area contributed by atoms with Gasteiger partial charge in [-0.25, -0.2) is 4.98 Å². The molecule has 1 N–H and O–H groups in total. The van der Waals surface area contributed by atoms with Crippen molar-refractivity contribution in [3.63, 3.8) is 0 Å². The lowest BCUT2D eigenvalue weighted by Crippen LogP contribution is -2.42. The molecule has 212 valence electrons. The number of anilines is 1. The van der Waals surface area contributed by atoms with Crippen molar-refractivity contribution in [2.75, 3.05) is 25.0 Å². The fraction of sp³-hybridized carbons (Fsp3) is 0.258. The summed E-state index contributed by atoms with van der Waals surface area (Å²) in [5.74, 6) is -0.450. The number of aromatic nitrogens is 2. The van der Waals surface area contributed by atoms with Gasteiger partial charge in [0.1, 0.15) is 6.54 Å². The number of benzene rings is 3. The van der Waals surface area contributed by atoms with Crippen molar-refractivity contribution in [1.82, 2.24) is 14.5 Å². The molecule has 0 aliphatic carbocycles. The molecule has 0 radical (unpaired) electrons. The van der Waals surface area contributed by atoms with Gasteiger partial charge in [-0.3, -0.25) is 19.5 Å². The van der Waals surface area contributed by atoms with Crippen molar-refractivity contribution in [3.05, 3.63) is 98.6 Å². The molecule has 1 aliphatic rings. The molecule has 3 aromatic carbocycles. The highest BCUT2D eigenvalue weighted by molar-refractivity contribution is 6.36. The molecule has 1 aliphatic heterocycles. The minimum Gasteiger partial charge on any atom is -0.376 e. The number of halogens is 3. The summed E-state index contributed by atoms with van der Waals surface area (Å²) in [6.07, 6.45) is 3.42. The highest BCUT2D eigenvalue weighted by atomic mass is 35.5. The maximum Gasteiger partial charge on any atom is 0.255 e. The molecule has 4 aromatic rings. The Labute approximate surface area is 254 Å². The van der Waals surface area contributed by atoms with Gasteiger partial charge in [-0.05, 0) is 80.3 Å². The lowest BCUT2D eigenvalue weighted by molar-refractivity contribution is -0.117. The second-order valence-corrected chi connectivity index (χ2v) is 11.4. The molecule has 5 rings (SSSR count). The van der Waals surface area contributed by atoms with Gasteiger partial charge in [0.15, 0.2) is 0 Å². The Hall–Kier alpha value is -3.36. The first-order valence-electron chi connectivity index (χ1n) is 13.3. The van der Waals surface area contributed by atoms with Crippen LogP contribution in [0.5, 0.6) is 0 Å². The van der Waals surface area contributed by atoms with E-state index in [1.54, 1.807) is 24.3 Å². The Bertz CT molecular complexity index is 1580. The molecule has 1 saturated heterocycles. The monoisotopic (exact) mass is 610 g/mol. The molecule has 2 heterocycles. The summed E-state index contributed by atoms with van der Waals surface area (Å²) >= 11 is 18.5. The van der Waals surface area contributed by atoms with Crippen molar-refractivity contribution >= 4 is 52.6 Å². The molecule has 1 unspecified atom stereocenters. The van der Waals surface area contributed by atoms with Crippen molar-refractivity contribution in [2.24, 2.45) is 0 Å². The lowest BCUT2D eigenvalue weighted by Gasteiger charge is -2.25. The fourth-order valence-electron chi connectivity index (χ4n) is 4.72. The standard InChI is InChI=1S/C31H29Cl3N4O3/c1-19-5-11-24(14-20(19)2)38-17-28(21-6-8-22(32)9-7-21)35-31(38)36-29(39)18-37(16-25-4-3-13-41-25)30(40)26-12-10-23(33)15-27(26)34/h5-12,14-15,17,25H,3-4,13,16,18H2,1-2H3,(H,35,36,39). The molecular weight excluding hydrogens is 583 g/mol. The van der Waals surface area contributed by atoms with Gasteiger partial charge in [-0.15, -0.1) is 0 Å². The zero-order valence-electron chi connectivity index (χ0n) is 22.7. The first-order valence-corrected chi connectivity index (χ1v) is 14.4. The molecule has 0 saturated carbocycles. The number of ether oxygens (including phenoxy) is 1. The number of nitrogens with zero attached hydrogens (tertiary/aromatic N) is 3. The highest BCUT2D eigenvalue weighted by Gasteiger charge is 2.27. The average Bonchev–Trinajstić information content (AvgIpc) is 3.60. The van der Waals surface area contributed by atoms with Crippen LogP contribution in [0.3, 0.4) is 0 Å². The first-order chi connectivity index (χ1) is 19.7. The summed E-state index contributed by atoms with van der Waals surface area (Å²) in [5, 5.41) is 4.19. The molecule has 1 aromatic heterocycles. The SMILES string of the molecule is Cc1ccc(-n2cc(-c3ccc(Cl)cc3)nc2NC(=O)CN(CC2CCCO2)C(=O)c2ccc(Cl)cc2Cl)cc1C. The number of amides is 2. The number of hydrogen-bond donors (Lipinski definition) is 1. The first kappa shape index (κ1) is 29.1. The molecule has 41 heavy (non-hydrogen) atoms. The molecule has 0 bridgehead atoms. The molecule has 10 heteroatoms. The number of hydrogen-bond acceptors (Lipinski definition) is 4. The second-order valence-electron chi connectivity index (χ2n) is 10.1. The maximum absolute atomic E-state index is 13.6. The summed E-state index contributed by atoms with van der Waals surface area (Å²) in [4.78, 5) is 33.3. The Morgan fingerprint density at radius 3 is 2.44 bits per heavy atom. The van der Waals surface area contributed by atoms with E-state index in [1.165, 1.54) is 11.0 Å². The lowest BCUT2D eigenvalue weighted by atomic mass is 10.1. The third-order valence-corrected chi connectivity index (χ3v) is 7.90. The van der Waals surface area contributed by atoms with Gasteiger partial charge in [0.25, 0.3) is 5.91 Å². The van der Waals surface area contributed by atoms with Crippen LogP contribution >= 0.6 is 34.8 Å². The van der Waals surface area contributed by atoms with E-state index in [-0.39, 0.29) is 35.7 Å². The summed E-state index contributed by atoms with van der Waals surface area (Å²) in [6.45, 7) is 4.74. The molecule has 1 atom stereocenters. The van der Waals surface area contributed by atoms with Crippen LogP contribution in [0.1, 0.15) is 34.3 Å². The van der Waals surface area contributed by atoms with E-state index in [2.05, 4.69) is 5.32 Å². The van der Waals surface area contributed by atoms with Gasteiger partial charge in [-0.1, -0.05) is 53.0 Å². The molecule has 2 amide bonds. The van der Waals surface area contributed by atoms with E-state index >= 15 is 0 Å². The number of carbonyl (C=O) groups excluding carboxylic acids is 2. The predicted molar refractivity (Wildman–Crippen MR) is 163 cm³/mol. The van der Waals surface area contributed by atoms with Crippen LogP contribution in [0.2, 0.25) is 15.1 Å². The van der Waals surface area contributed by atoms with Crippen LogP contribution < -0.4 is 5.32 Å². The van der Waals surface area contributed by atoms with Gasteiger partial charge in [0, 0.05) is 40.6 Å². The normalized spacial score (nSPS) is 14.7. The van der Waals surface area contributed by atoms with Gasteiger partial charge in [0.2, 0.25) is 11.9 Å². The minimum atomic E-state index is -0.403. The summed E-state index contributed by atoms with van der Waals surface area (Å²) in [5.41, 5.74) is 4.88. The third-order valence-electron chi connectivity index (χ3n) is 7.10. The predicted octanol–water partition coefficient (Wildman–Crippen LogP) is 7.38. The van der Waals surface area contributed by atoms with Crippen LogP contribution in [0.4, 0.5) is 5.95 Å². The van der Waals surface area contributed by atoms with E-state index in [9.17, 15) is 9.59 Å². The van der Waals surface area contributed by atoms with Gasteiger partial charge >= 0.3 is 0 Å². The molecule has 1 fully saturated rings. The number of carbonyl (C=O) groups is 2. The quantitative estimate of drug-likeness (QED) is 0.226. The number of nitrogens with one attached hydrogen (secondary N) is 1. The van der Waals surface area contributed by atoms with Crippen LogP contribution in [-0.4, -0.2) is 52.1 Å². The number of imidazole rings is 1. The third kappa shape index (κ3) is 6.93. The zero-order chi connectivity index (χ0) is 29.1. The fourth-order valence-corrected chi connectivity index (χ4v) is 5.34. The van der Waals surface area contributed by atoms with Crippen molar-refractivity contribution < 1.29 is 14.3 Å². The zero-order valence-corrected chi connectivity index (χ0v) is 24.9. The van der Waals surface area contributed by atoms with Crippen LogP contribution in [0.25, 0.3) is 16.9 Å². The van der Waals surface area contributed by atoms with Crippen LogP contribution in [0, 0.1) is 13.8 Å². The Morgan fingerprint density at radius 1 is 1.00 bits per heavy atom. The number of rotatable bonds is 8. The summed E-state index contributed by atoms with van der Waals surface area (Å²) < 4.78 is 7.60. The summed E-state index contributed by atoms with van der Waals surface area (Å²) in [7, 11) is 0. The topological polar surface area (TPSA) is 76.5 Å². The van der Waals surface area contributed by atoms with Crippen molar-refractivity contribution in [2.45, 2.75) is 32.8 Å². The maximum atomic E-state index is 13.6. The van der Waals surface area contributed by atoms with E-state index in [0.717, 1.165) is 35.2 Å². The van der Waals surface area contributed by atoms with Crippen molar-refractivity contribution in [3.8, 4) is 16.9 Å². The van der Waals surface area contributed by atoms with E-state index < -0.39 is 5.91 Å². The van der Waals surface area contributed by atoms with Crippen molar-refractivity contribution in [1.29, 1.82) is 0 Å². The van der Waals surface area contributed by atoms with E-state index in [1.807, 2.05) is 54.9 Å². The molecule has 0 spiro atoms. The Kier molecular flexibility index (Phi) is 9.00. The smallest absolute Gasteiger partial charge is 0.255 e. The molecule has 7 nitrogen and oxygen atoms in total. The van der Waals surface area contributed by atoms with E-state index in [4.69, 9.17) is 44.5 Å². The highest BCUT2D eigenvalue weighted by Crippen LogP contribution is 2.27. The average molecular weight is 612 g/mol. The van der Waals surface area contributed by atoms with E-state index in [0.29, 0.717) is 28.3 Å². The van der Waals surface area contributed by atoms with Gasteiger partial charge < -0.3 is 9.64 Å². The number of aryl methyl sites for hydroxylation is 2. The Balaban J connectivity index is 1.44. The largest absolute Gasteiger partial charge is 0.376 e.